The van der Waals surface area contributed by atoms with Gasteiger partial charge in [-0.05, 0) is 24.8 Å². The molecule has 0 aromatic heterocycles. The number of carbonyl (C=O) groups excluding carboxylic acids is 1. The molecule has 1 amide bonds. The number of nitrogens with zero attached hydrogens (tertiary/aromatic N) is 1. The Bertz CT molecular complexity index is 578. The van der Waals surface area contributed by atoms with Gasteiger partial charge in [0.05, 0.1) is 11.0 Å². The summed E-state index contributed by atoms with van der Waals surface area (Å²) in [5.74, 6) is -3.10. The predicted molar refractivity (Wildman–Crippen MR) is 71.9 cm³/mol. The average molecular weight is 298 g/mol. The summed E-state index contributed by atoms with van der Waals surface area (Å²) in [5, 5.41) is 13.6. The van der Waals surface area contributed by atoms with Crippen LogP contribution in [0.4, 0.5) is 14.5 Å². The van der Waals surface area contributed by atoms with E-state index in [2.05, 4.69) is 5.32 Å². The third-order valence-corrected chi connectivity index (χ3v) is 3.91. The molecule has 21 heavy (non-hydrogen) atoms. The van der Waals surface area contributed by atoms with E-state index >= 15 is 0 Å². The highest BCUT2D eigenvalue weighted by Gasteiger charge is 2.28. The lowest BCUT2D eigenvalue weighted by Crippen LogP contribution is -2.41. The Kier molecular flexibility index (Phi) is 4.50. The smallest absolute Gasteiger partial charge is 0.285 e. The molecular weight excluding hydrogens is 282 g/mol. The molecule has 0 bridgehead atoms. The summed E-state index contributed by atoms with van der Waals surface area (Å²) >= 11 is 0. The van der Waals surface area contributed by atoms with E-state index in [4.69, 9.17) is 0 Å². The summed E-state index contributed by atoms with van der Waals surface area (Å²) in [6.07, 6.45) is 3.79. The summed E-state index contributed by atoms with van der Waals surface area (Å²) in [7, 11) is 0. The molecule has 1 aliphatic carbocycles. The Morgan fingerprint density at radius 3 is 2.52 bits per heavy atom. The molecule has 7 heteroatoms. The van der Waals surface area contributed by atoms with E-state index in [1.54, 1.807) is 0 Å². The minimum atomic E-state index is -1.34. The first-order valence-electron chi connectivity index (χ1n) is 6.84. The number of hydrogen-bond donors (Lipinski definition) is 1. The van der Waals surface area contributed by atoms with Crippen molar-refractivity contribution in [2.75, 3.05) is 0 Å². The number of carbonyl (C=O) groups is 1. The number of nitro groups is 1. The number of rotatable bonds is 3. The second-order valence-corrected chi connectivity index (χ2v) is 5.38. The van der Waals surface area contributed by atoms with Crippen molar-refractivity contribution in [3.63, 3.8) is 0 Å². The summed E-state index contributed by atoms with van der Waals surface area (Å²) in [5.41, 5.74) is -1.17. The summed E-state index contributed by atoms with van der Waals surface area (Å²) < 4.78 is 26.4. The average Bonchev–Trinajstić information content (AvgIpc) is 2.43. The largest absolute Gasteiger partial charge is 0.349 e. The highest BCUT2D eigenvalue weighted by Crippen LogP contribution is 2.26. The lowest BCUT2D eigenvalue weighted by molar-refractivity contribution is -0.385. The number of benzene rings is 1. The van der Waals surface area contributed by atoms with Crippen molar-refractivity contribution in [2.24, 2.45) is 5.92 Å². The van der Waals surface area contributed by atoms with Gasteiger partial charge < -0.3 is 5.32 Å². The monoisotopic (exact) mass is 298 g/mol. The minimum absolute atomic E-state index is 0.0982. The molecule has 2 rings (SSSR count). The summed E-state index contributed by atoms with van der Waals surface area (Å²) in [6, 6.07) is 0.921. The number of nitrogens with one attached hydrogen (secondary N) is 1. The summed E-state index contributed by atoms with van der Waals surface area (Å²) in [6.45, 7) is 1.99. The van der Waals surface area contributed by atoms with Gasteiger partial charge in [-0.25, -0.2) is 8.78 Å². The van der Waals surface area contributed by atoms with Crippen LogP contribution >= 0.6 is 0 Å². The standard InChI is InChI=1S/C14H16F2N2O3/c1-8-4-2-3-5-12(8)17-14(19)9-6-10(15)11(16)7-13(9)18(20)21/h6-8,12H,2-5H2,1H3,(H,17,19). The molecule has 1 aromatic carbocycles. The van der Waals surface area contributed by atoms with Crippen LogP contribution in [-0.4, -0.2) is 16.9 Å². The number of halogens is 2. The molecule has 1 N–H and O–H groups in total. The van der Waals surface area contributed by atoms with Crippen LogP contribution in [0, 0.1) is 27.7 Å². The predicted octanol–water partition coefficient (Wildman–Crippen LogP) is 3.18. The van der Waals surface area contributed by atoms with Crippen LogP contribution in [0.2, 0.25) is 0 Å². The Morgan fingerprint density at radius 2 is 1.90 bits per heavy atom. The van der Waals surface area contributed by atoms with Gasteiger partial charge in [0, 0.05) is 6.04 Å². The Labute approximate surface area is 120 Å². The van der Waals surface area contributed by atoms with Gasteiger partial charge >= 0.3 is 0 Å². The normalized spacial score (nSPS) is 21.9. The van der Waals surface area contributed by atoms with Crippen LogP contribution in [0.1, 0.15) is 43.0 Å². The first-order valence-corrected chi connectivity index (χ1v) is 6.84. The fourth-order valence-corrected chi connectivity index (χ4v) is 2.65. The van der Waals surface area contributed by atoms with Crippen molar-refractivity contribution < 1.29 is 18.5 Å². The maximum Gasteiger partial charge on any atom is 0.285 e. The van der Waals surface area contributed by atoms with E-state index in [9.17, 15) is 23.7 Å². The Hall–Kier alpha value is -2.05. The van der Waals surface area contributed by atoms with E-state index in [-0.39, 0.29) is 12.0 Å². The van der Waals surface area contributed by atoms with Crippen molar-refractivity contribution in [1.29, 1.82) is 0 Å². The van der Waals surface area contributed by atoms with Gasteiger partial charge in [0.2, 0.25) is 0 Å². The van der Waals surface area contributed by atoms with Gasteiger partial charge in [0.15, 0.2) is 11.6 Å². The van der Waals surface area contributed by atoms with E-state index in [1.807, 2.05) is 6.92 Å². The zero-order chi connectivity index (χ0) is 15.6. The van der Waals surface area contributed by atoms with Crippen LogP contribution in [0.5, 0.6) is 0 Å². The molecule has 2 unspecified atom stereocenters. The van der Waals surface area contributed by atoms with Crippen LogP contribution in [-0.2, 0) is 0 Å². The van der Waals surface area contributed by atoms with Gasteiger partial charge in [-0.2, -0.15) is 0 Å². The van der Waals surface area contributed by atoms with Crippen molar-refractivity contribution in [2.45, 2.75) is 38.6 Å². The molecule has 0 heterocycles. The Morgan fingerprint density at radius 1 is 1.29 bits per heavy atom. The van der Waals surface area contributed by atoms with E-state index < -0.39 is 33.7 Å². The topological polar surface area (TPSA) is 72.2 Å². The lowest BCUT2D eigenvalue weighted by atomic mass is 9.86. The quantitative estimate of drug-likeness (QED) is 0.688. The zero-order valence-corrected chi connectivity index (χ0v) is 11.6. The van der Waals surface area contributed by atoms with Gasteiger partial charge in [-0.15, -0.1) is 0 Å². The Balaban J connectivity index is 2.26. The molecule has 1 aliphatic rings. The summed E-state index contributed by atoms with van der Waals surface area (Å²) in [4.78, 5) is 22.1. The minimum Gasteiger partial charge on any atom is -0.349 e. The van der Waals surface area contributed by atoms with Gasteiger partial charge in [-0.3, -0.25) is 14.9 Å². The second kappa shape index (κ2) is 6.15. The third kappa shape index (κ3) is 3.34. The number of nitro benzene ring substituents is 1. The van der Waals surface area contributed by atoms with Crippen molar-refractivity contribution >= 4 is 11.6 Å². The lowest BCUT2D eigenvalue weighted by Gasteiger charge is -2.29. The maximum atomic E-state index is 13.3. The van der Waals surface area contributed by atoms with Crippen LogP contribution in [0.15, 0.2) is 12.1 Å². The van der Waals surface area contributed by atoms with Crippen molar-refractivity contribution in [3.8, 4) is 0 Å². The molecule has 1 fully saturated rings. The van der Waals surface area contributed by atoms with Gasteiger partial charge in [0.25, 0.3) is 11.6 Å². The maximum absolute atomic E-state index is 13.3. The first-order chi connectivity index (χ1) is 9.90. The second-order valence-electron chi connectivity index (χ2n) is 5.38. The molecule has 2 atom stereocenters. The highest BCUT2D eigenvalue weighted by atomic mass is 19.2. The van der Waals surface area contributed by atoms with Crippen LogP contribution in [0.3, 0.4) is 0 Å². The highest BCUT2D eigenvalue weighted by molar-refractivity contribution is 5.98. The van der Waals surface area contributed by atoms with E-state index in [1.165, 1.54) is 0 Å². The SMILES string of the molecule is CC1CCCCC1NC(=O)c1cc(F)c(F)cc1[N+](=O)[O-]. The number of amides is 1. The molecule has 0 spiro atoms. The van der Waals surface area contributed by atoms with E-state index in [0.29, 0.717) is 12.1 Å². The van der Waals surface area contributed by atoms with Crippen molar-refractivity contribution in [3.05, 3.63) is 39.4 Å². The fourth-order valence-electron chi connectivity index (χ4n) is 2.65. The van der Waals surface area contributed by atoms with Crippen LogP contribution in [0.25, 0.3) is 0 Å². The molecule has 0 aliphatic heterocycles. The van der Waals surface area contributed by atoms with E-state index in [0.717, 1.165) is 25.7 Å². The fraction of sp³-hybridized carbons (Fsp3) is 0.500. The molecule has 1 saturated carbocycles. The third-order valence-electron chi connectivity index (χ3n) is 3.91. The van der Waals surface area contributed by atoms with Crippen LogP contribution < -0.4 is 5.32 Å². The van der Waals surface area contributed by atoms with Crippen molar-refractivity contribution in [1.82, 2.24) is 5.32 Å². The molecule has 5 nitrogen and oxygen atoms in total. The molecule has 1 aromatic rings. The molecular formula is C14H16F2N2O3. The molecule has 0 radical (unpaired) electrons. The zero-order valence-electron chi connectivity index (χ0n) is 11.6. The van der Waals surface area contributed by atoms with Gasteiger partial charge in [0.1, 0.15) is 5.56 Å². The molecule has 0 saturated heterocycles. The molecule has 114 valence electrons. The number of hydrogen-bond acceptors (Lipinski definition) is 3. The first kappa shape index (κ1) is 15.3. The van der Waals surface area contributed by atoms with Gasteiger partial charge in [-0.1, -0.05) is 19.8 Å².